The highest BCUT2D eigenvalue weighted by molar-refractivity contribution is 7.13. The molecule has 1 aromatic heterocycles. The Hall–Kier alpha value is -0.870. The van der Waals surface area contributed by atoms with Crippen molar-refractivity contribution in [2.45, 2.75) is 38.3 Å². The lowest BCUT2D eigenvalue weighted by molar-refractivity contribution is 0.0702. The summed E-state index contributed by atoms with van der Waals surface area (Å²) >= 11 is 1.38. The number of carbonyl (C=O) groups is 1. The van der Waals surface area contributed by atoms with Gasteiger partial charge in [-0.1, -0.05) is 6.42 Å². The fourth-order valence-corrected chi connectivity index (χ4v) is 4.11. The molecule has 3 atom stereocenters. The number of thiophene rings is 1. The molecule has 0 aromatic carbocycles. The lowest BCUT2D eigenvalue weighted by Crippen LogP contribution is -2.33. The van der Waals surface area contributed by atoms with E-state index in [1.807, 2.05) is 6.07 Å². The van der Waals surface area contributed by atoms with Crippen molar-refractivity contribution in [1.82, 2.24) is 5.32 Å². The van der Waals surface area contributed by atoms with Crippen LogP contribution in [0.3, 0.4) is 0 Å². The molecule has 2 aliphatic rings. The van der Waals surface area contributed by atoms with Crippen molar-refractivity contribution in [1.29, 1.82) is 0 Å². The third-order valence-electron chi connectivity index (χ3n) is 4.15. The third kappa shape index (κ3) is 2.24. The lowest BCUT2D eigenvalue weighted by Gasteiger charge is -2.22. The van der Waals surface area contributed by atoms with E-state index in [1.54, 1.807) is 6.07 Å². The average molecular weight is 251 g/mol. The molecule has 2 aliphatic carbocycles. The van der Waals surface area contributed by atoms with E-state index in [-0.39, 0.29) is 0 Å². The summed E-state index contributed by atoms with van der Waals surface area (Å²) < 4.78 is 0. The number of aromatic carboxylic acids is 1. The smallest absolute Gasteiger partial charge is 0.345 e. The monoisotopic (exact) mass is 251 g/mol. The largest absolute Gasteiger partial charge is 0.477 e. The van der Waals surface area contributed by atoms with Gasteiger partial charge in [-0.25, -0.2) is 4.79 Å². The summed E-state index contributed by atoms with van der Waals surface area (Å²) in [6, 6.07) is 4.29. The van der Waals surface area contributed by atoms with Crippen LogP contribution in [0.15, 0.2) is 12.1 Å². The second-order valence-corrected chi connectivity index (χ2v) is 6.40. The Morgan fingerprint density at radius 1 is 1.41 bits per heavy atom. The summed E-state index contributed by atoms with van der Waals surface area (Å²) in [5.74, 6) is 1.01. The Balaban J connectivity index is 1.55. The van der Waals surface area contributed by atoms with E-state index in [1.165, 1.54) is 37.0 Å². The third-order valence-corrected chi connectivity index (χ3v) is 5.22. The van der Waals surface area contributed by atoms with Gasteiger partial charge >= 0.3 is 5.97 Å². The van der Waals surface area contributed by atoms with Crippen LogP contribution in [0.5, 0.6) is 0 Å². The van der Waals surface area contributed by atoms with E-state index in [4.69, 9.17) is 5.11 Å². The summed E-state index contributed by atoms with van der Waals surface area (Å²) in [5, 5.41) is 12.5. The van der Waals surface area contributed by atoms with E-state index in [2.05, 4.69) is 5.32 Å². The minimum Gasteiger partial charge on any atom is -0.477 e. The normalized spacial score (nSPS) is 30.9. The first-order valence-corrected chi connectivity index (χ1v) is 7.09. The summed E-state index contributed by atoms with van der Waals surface area (Å²) in [4.78, 5) is 12.3. The van der Waals surface area contributed by atoms with Crippen molar-refractivity contribution in [3.63, 3.8) is 0 Å². The van der Waals surface area contributed by atoms with Crippen LogP contribution in [0.1, 0.15) is 40.2 Å². The fraction of sp³-hybridized carbons (Fsp3) is 0.615. The van der Waals surface area contributed by atoms with Crippen LogP contribution < -0.4 is 5.32 Å². The number of hydrogen-bond acceptors (Lipinski definition) is 3. The van der Waals surface area contributed by atoms with Crippen molar-refractivity contribution in [2.75, 3.05) is 0 Å². The standard InChI is InChI=1S/C13H17NO2S/c15-13(16)12-4-3-10(17-12)7-14-11-6-8-1-2-9(11)5-8/h3-4,8-9,11,14H,1-2,5-7H2,(H,15,16). The highest BCUT2D eigenvalue weighted by Crippen LogP contribution is 2.44. The minimum absolute atomic E-state index is 0.440. The van der Waals surface area contributed by atoms with Crippen LogP contribution in [0, 0.1) is 11.8 Å². The van der Waals surface area contributed by atoms with Gasteiger partial charge in [0.1, 0.15) is 4.88 Å². The summed E-state index contributed by atoms with van der Waals surface area (Å²) in [7, 11) is 0. The Kier molecular flexibility index (Phi) is 2.92. The molecule has 2 saturated carbocycles. The number of carboxylic acid groups (broad SMARTS) is 1. The van der Waals surface area contributed by atoms with Crippen LogP contribution in [0.25, 0.3) is 0 Å². The topological polar surface area (TPSA) is 49.3 Å². The van der Waals surface area contributed by atoms with Gasteiger partial charge in [-0.15, -0.1) is 11.3 Å². The quantitative estimate of drug-likeness (QED) is 0.865. The summed E-state index contributed by atoms with van der Waals surface area (Å²) in [5.41, 5.74) is 0. The maximum Gasteiger partial charge on any atom is 0.345 e. The van der Waals surface area contributed by atoms with Crippen molar-refractivity contribution in [3.8, 4) is 0 Å². The first-order valence-electron chi connectivity index (χ1n) is 6.28. The highest BCUT2D eigenvalue weighted by atomic mass is 32.1. The molecule has 0 aliphatic heterocycles. The molecule has 0 radical (unpaired) electrons. The maximum atomic E-state index is 10.8. The van der Waals surface area contributed by atoms with Crippen LogP contribution in [-0.2, 0) is 6.54 Å². The van der Waals surface area contributed by atoms with Crippen molar-refractivity contribution < 1.29 is 9.90 Å². The van der Waals surface area contributed by atoms with Crippen molar-refractivity contribution in [3.05, 3.63) is 21.9 Å². The van der Waals surface area contributed by atoms with E-state index in [9.17, 15) is 4.79 Å². The van der Waals surface area contributed by atoms with Crippen molar-refractivity contribution >= 4 is 17.3 Å². The fourth-order valence-electron chi connectivity index (χ4n) is 3.31. The molecule has 0 spiro atoms. The zero-order chi connectivity index (χ0) is 11.8. The molecule has 92 valence electrons. The Bertz CT molecular complexity index is 429. The molecule has 0 amide bonds. The van der Waals surface area contributed by atoms with Crippen LogP contribution in [0.4, 0.5) is 0 Å². The van der Waals surface area contributed by atoms with Gasteiger partial charge in [0.05, 0.1) is 0 Å². The SMILES string of the molecule is O=C(O)c1ccc(CNC2CC3CCC2C3)s1. The zero-order valence-electron chi connectivity index (χ0n) is 9.69. The summed E-state index contributed by atoms with van der Waals surface area (Å²) in [6.45, 7) is 0.825. The number of nitrogens with one attached hydrogen (secondary N) is 1. The Morgan fingerprint density at radius 3 is 2.88 bits per heavy atom. The molecule has 2 bridgehead atoms. The molecule has 3 rings (SSSR count). The van der Waals surface area contributed by atoms with Gasteiger partial charge < -0.3 is 10.4 Å². The second kappa shape index (κ2) is 4.42. The molecular formula is C13H17NO2S. The lowest BCUT2D eigenvalue weighted by atomic mass is 9.95. The van der Waals surface area contributed by atoms with Gasteiger partial charge in [0.15, 0.2) is 0 Å². The van der Waals surface area contributed by atoms with E-state index < -0.39 is 5.97 Å². The van der Waals surface area contributed by atoms with Crippen LogP contribution >= 0.6 is 11.3 Å². The molecule has 1 heterocycles. The first kappa shape index (κ1) is 11.2. The predicted octanol–water partition coefficient (Wildman–Crippen LogP) is 2.72. The van der Waals surface area contributed by atoms with Crippen LogP contribution in [0.2, 0.25) is 0 Å². The van der Waals surface area contributed by atoms with Gasteiger partial charge in [-0.05, 0) is 43.2 Å². The maximum absolute atomic E-state index is 10.8. The zero-order valence-corrected chi connectivity index (χ0v) is 10.5. The highest BCUT2D eigenvalue weighted by Gasteiger charge is 2.38. The minimum atomic E-state index is -0.818. The molecular weight excluding hydrogens is 234 g/mol. The molecule has 4 heteroatoms. The van der Waals surface area contributed by atoms with Gasteiger partial charge in [0.25, 0.3) is 0 Å². The van der Waals surface area contributed by atoms with Gasteiger partial charge in [0.2, 0.25) is 0 Å². The summed E-state index contributed by atoms with van der Waals surface area (Å²) in [6.07, 6.45) is 5.53. The number of rotatable bonds is 4. The van der Waals surface area contributed by atoms with E-state index >= 15 is 0 Å². The van der Waals surface area contributed by atoms with E-state index in [0.717, 1.165) is 23.3 Å². The molecule has 0 saturated heterocycles. The Morgan fingerprint density at radius 2 is 2.29 bits per heavy atom. The molecule has 17 heavy (non-hydrogen) atoms. The van der Waals surface area contributed by atoms with Crippen LogP contribution in [-0.4, -0.2) is 17.1 Å². The number of hydrogen-bond donors (Lipinski definition) is 2. The van der Waals surface area contributed by atoms with Gasteiger partial charge in [-0.2, -0.15) is 0 Å². The average Bonchev–Trinajstić information content (AvgIpc) is 3.02. The first-order chi connectivity index (χ1) is 8.22. The number of carboxylic acids is 1. The second-order valence-electron chi connectivity index (χ2n) is 5.23. The molecule has 3 nitrogen and oxygen atoms in total. The van der Waals surface area contributed by atoms with Gasteiger partial charge in [-0.3, -0.25) is 0 Å². The molecule has 2 N–H and O–H groups in total. The van der Waals surface area contributed by atoms with Gasteiger partial charge in [0, 0.05) is 17.5 Å². The molecule has 3 unspecified atom stereocenters. The van der Waals surface area contributed by atoms with E-state index in [0.29, 0.717) is 10.9 Å². The molecule has 2 fully saturated rings. The Labute approximate surface area is 105 Å². The number of fused-ring (bicyclic) bond motifs is 2. The molecule has 1 aromatic rings. The van der Waals surface area contributed by atoms with Crippen molar-refractivity contribution in [2.24, 2.45) is 11.8 Å². The predicted molar refractivity (Wildman–Crippen MR) is 67.4 cm³/mol.